The Morgan fingerprint density at radius 3 is 2.72 bits per heavy atom. The quantitative estimate of drug-likeness (QED) is 0.716. The Labute approximate surface area is 146 Å². The van der Waals surface area contributed by atoms with Crippen LogP contribution in [-0.4, -0.2) is 25.0 Å². The summed E-state index contributed by atoms with van der Waals surface area (Å²) in [7, 11) is 0. The fourth-order valence-electron chi connectivity index (χ4n) is 2.21. The van der Waals surface area contributed by atoms with E-state index in [1.165, 1.54) is 18.3 Å². The van der Waals surface area contributed by atoms with Gasteiger partial charge in [0, 0.05) is 12.0 Å². The minimum Gasteiger partial charge on any atom is -0.392 e. The Hall–Kier alpha value is -2.58. The molecule has 3 rings (SSSR count). The second-order valence-corrected chi connectivity index (χ2v) is 5.71. The third-order valence-corrected chi connectivity index (χ3v) is 3.98. The molecule has 0 bridgehead atoms. The average molecular weight is 365 g/mol. The molecule has 0 saturated carbocycles. The summed E-state index contributed by atoms with van der Waals surface area (Å²) in [6, 6.07) is 6.19. The standard InChI is InChI=1S/C16H14ClFN4O3/c17-15-11(9-23)7-19-22(16(15)24)8-14-20-13(21-25-14)6-3-10-1-4-12(18)5-2-10/h1-2,4-5,7,23H,3,6,8-9H2. The molecule has 0 unspecified atom stereocenters. The van der Waals surface area contributed by atoms with Crippen LogP contribution in [0.25, 0.3) is 0 Å². The Morgan fingerprint density at radius 2 is 2.00 bits per heavy atom. The highest BCUT2D eigenvalue weighted by atomic mass is 35.5. The highest BCUT2D eigenvalue weighted by Crippen LogP contribution is 2.10. The zero-order valence-electron chi connectivity index (χ0n) is 13.0. The maximum atomic E-state index is 12.9. The van der Waals surface area contributed by atoms with Crippen LogP contribution in [0.1, 0.15) is 22.8 Å². The van der Waals surface area contributed by atoms with E-state index >= 15 is 0 Å². The van der Waals surface area contributed by atoms with Gasteiger partial charge in [0.1, 0.15) is 17.4 Å². The molecule has 2 aromatic heterocycles. The first kappa shape index (κ1) is 17.2. The lowest BCUT2D eigenvalue weighted by molar-refractivity contribution is 0.280. The van der Waals surface area contributed by atoms with E-state index < -0.39 is 5.56 Å². The molecule has 0 aliphatic heterocycles. The van der Waals surface area contributed by atoms with Crippen LogP contribution < -0.4 is 5.56 Å². The van der Waals surface area contributed by atoms with Crippen molar-refractivity contribution in [3.8, 4) is 0 Å². The summed E-state index contributed by atoms with van der Waals surface area (Å²) < 4.78 is 19.1. The SMILES string of the molecule is O=c1c(Cl)c(CO)cnn1Cc1nc(CCc2ccc(F)cc2)no1. The van der Waals surface area contributed by atoms with Gasteiger partial charge in [-0.05, 0) is 24.1 Å². The van der Waals surface area contributed by atoms with Gasteiger partial charge >= 0.3 is 0 Å². The van der Waals surface area contributed by atoms with Crippen LogP contribution in [0, 0.1) is 5.82 Å². The van der Waals surface area contributed by atoms with E-state index in [-0.39, 0.29) is 35.4 Å². The zero-order chi connectivity index (χ0) is 17.8. The molecule has 9 heteroatoms. The van der Waals surface area contributed by atoms with Crippen LogP contribution in [0.5, 0.6) is 0 Å². The lowest BCUT2D eigenvalue weighted by Gasteiger charge is -2.03. The molecule has 0 aliphatic carbocycles. The third-order valence-electron chi connectivity index (χ3n) is 3.57. The van der Waals surface area contributed by atoms with E-state index in [1.807, 2.05) is 0 Å². The molecule has 130 valence electrons. The Bertz CT molecular complexity index is 924. The van der Waals surface area contributed by atoms with Crippen molar-refractivity contribution in [3.63, 3.8) is 0 Å². The van der Waals surface area contributed by atoms with Gasteiger partial charge in [-0.3, -0.25) is 4.79 Å². The maximum absolute atomic E-state index is 12.9. The summed E-state index contributed by atoms with van der Waals surface area (Å²) in [6.07, 6.45) is 2.46. The van der Waals surface area contributed by atoms with Crippen molar-refractivity contribution in [2.24, 2.45) is 0 Å². The van der Waals surface area contributed by atoms with Crippen LogP contribution in [0.4, 0.5) is 4.39 Å². The summed E-state index contributed by atoms with van der Waals surface area (Å²) in [5.74, 6) is 0.413. The van der Waals surface area contributed by atoms with Crippen molar-refractivity contribution in [1.29, 1.82) is 0 Å². The lowest BCUT2D eigenvalue weighted by Crippen LogP contribution is -2.25. The molecule has 0 amide bonds. The van der Waals surface area contributed by atoms with Crippen molar-refractivity contribution in [2.45, 2.75) is 26.0 Å². The Kier molecular flexibility index (Phi) is 5.20. The van der Waals surface area contributed by atoms with Crippen molar-refractivity contribution in [1.82, 2.24) is 19.9 Å². The number of halogens is 2. The van der Waals surface area contributed by atoms with Crippen molar-refractivity contribution in [2.75, 3.05) is 0 Å². The highest BCUT2D eigenvalue weighted by molar-refractivity contribution is 6.31. The van der Waals surface area contributed by atoms with Gasteiger partial charge < -0.3 is 9.63 Å². The minimum atomic E-state index is -0.542. The van der Waals surface area contributed by atoms with Crippen LogP contribution in [0.3, 0.4) is 0 Å². The second kappa shape index (κ2) is 7.54. The van der Waals surface area contributed by atoms with E-state index in [0.29, 0.717) is 18.7 Å². The molecule has 1 aromatic carbocycles. The predicted molar refractivity (Wildman–Crippen MR) is 86.6 cm³/mol. The lowest BCUT2D eigenvalue weighted by atomic mass is 10.1. The van der Waals surface area contributed by atoms with Gasteiger partial charge in [0.05, 0.1) is 12.8 Å². The summed E-state index contributed by atoms with van der Waals surface area (Å²) in [4.78, 5) is 16.2. The normalized spacial score (nSPS) is 11.0. The first-order valence-corrected chi connectivity index (χ1v) is 7.86. The van der Waals surface area contributed by atoms with Crippen LogP contribution >= 0.6 is 11.6 Å². The molecule has 3 aromatic rings. The molecule has 0 spiro atoms. The second-order valence-electron chi connectivity index (χ2n) is 5.34. The zero-order valence-corrected chi connectivity index (χ0v) is 13.8. The van der Waals surface area contributed by atoms with Gasteiger partial charge in [-0.1, -0.05) is 28.9 Å². The molecule has 0 saturated heterocycles. The number of benzene rings is 1. The number of aryl methyl sites for hydroxylation is 2. The van der Waals surface area contributed by atoms with Gasteiger partial charge in [0.2, 0.25) is 5.89 Å². The van der Waals surface area contributed by atoms with Gasteiger partial charge in [0.15, 0.2) is 5.82 Å². The first-order valence-electron chi connectivity index (χ1n) is 7.48. The Balaban J connectivity index is 1.67. The summed E-state index contributed by atoms with van der Waals surface area (Å²) in [5.41, 5.74) is 0.671. The smallest absolute Gasteiger partial charge is 0.286 e. The van der Waals surface area contributed by atoms with E-state index in [4.69, 9.17) is 21.2 Å². The van der Waals surface area contributed by atoms with Crippen molar-refractivity contribution in [3.05, 3.63) is 74.5 Å². The third kappa shape index (κ3) is 4.09. The molecule has 25 heavy (non-hydrogen) atoms. The number of aliphatic hydroxyl groups is 1. The molecule has 0 atom stereocenters. The molecule has 0 radical (unpaired) electrons. The fraction of sp³-hybridized carbons (Fsp3) is 0.250. The monoisotopic (exact) mass is 364 g/mol. The average Bonchev–Trinajstić information content (AvgIpc) is 3.06. The predicted octanol–water partition coefficient (Wildman–Crippen LogP) is 1.74. The van der Waals surface area contributed by atoms with Gasteiger partial charge in [-0.15, -0.1) is 0 Å². The molecular weight excluding hydrogens is 351 g/mol. The largest absolute Gasteiger partial charge is 0.392 e. The van der Waals surface area contributed by atoms with Crippen molar-refractivity contribution < 1.29 is 14.0 Å². The number of hydrogen-bond acceptors (Lipinski definition) is 6. The maximum Gasteiger partial charge on any atom is 0.286 e. The van der Waals surface area contributed by atoms with Crippen molar-refractivity contribution >= 4 is 11.6 Å². The summed E-state index contributed by atoms with van der Waals surface area (Å²) >= 11 is 5.87. The molecule has 7 nitrogen and oxygen atoms in total. The Morgan fingerprint density at radius 1 is 1.24 bits per heavy atom. The van der Waals surface area contributed by atoms with E-state index in [1.54, 1.807) is 12.1 Å². The van der Waals surface area contributed by atoms with Crippen LogP contribution in [0.15, 0.2) is 39.8 Å². The number of nitrogens with zero attached hydrogens (tertiary/aromatic N) is 4. The summed E-state index contributed by atoms with van der Waals surface area (Å²) in [6.45, 7) is -0.385. The van der Waals surface area contributed by atoms with E-state index in [9.17, 15) is 9.18 Å². The van der Waals surface area contributed by atoms with E-state index in [2.05, 4.69) is 15.2 Å². The van der Waals surface area contributed by atoms with Gasteiger partial charge in [-0.25, -0.2) is 9.07 Å². The molecule has 2 heterocycles. The number of rotatable bonds is 6. The number of hydrogen-bond donors (Lipinski definition) is 1. The van der Waals surface area contributed by atoms with Gasteiger partial charge in [0.25, 0.3) is 5.56 Å². The van der Waals surface area contributed by atoms with Gasteiger partial charge in [-0.2, -0.15) is 10.1 Å². The van der Waals surface area contributed by atoms with Crippen LogP contribution in [0.2, 0.25) is 5.02 Å². The highest BCUT2D eigenvalue weighted by Gasteiger charge is 2.12. The minimum absolute atomic E-state index is 0.0200. The van der Waals surface area contributed by atoms with Crippen LogP contribution in [-0.2, 0) is 26.0 Å². The molecule has 1 N–H and O–H groups in total. The molecular formula is C16H14ClFN4O3. The van der Waals surface area contributed by atoms with E-state index in [0.717, 1.165) is 10.2 Å². The molecule has 0 fully saturated rings. The summed E-state index contributed by atoms with van der Waals surface area (Å²) in [5, 5.41) is 16.7. The topological polar surface area (TPSA) is 94.0 Å². The molecule has 0 aliphatic rings. The first-order chi connectivity index (χ1) is 12.1. The fourth-order valence-corrected chi connectivity index (χ4v) is 2.42. The number of aliphatic hydroxyl groups excluding tert-OH is 1. The number of aromatic nitrogens is 4.